The quantitative estimate of drug-likeness (QED) is 0.725. The number of piperidine rings is 1. The monoisotopic (exact) mass is 335 g/mol. The lowest BCUT2D eigenvalue weighted by Gasteiger charge is -2.29. The lowest BCUT2D eigenvalue weighted by molar-refractivity contribution is -0.149. The van der Waals surface area contributed by atoms with Crippen LogP contribution in [0.25, 0.3) is 0 Å². The molecule has 0 bridgehead atoms. The van der Waals surface area contributed by atoms with Crippen molar-refractivity contribution in [3.63, 3.8) is 0 Å². The molecule has 0 aliphatic carbocycles. The Bertz CT molecular complexity index is 568. The molecule has 1 aromatic rings. The SMILES string of the molecule is CN(C)C(=O)C(O)C(O)C(=O)Nc1ccc(N2CCCCC2)cc1. The topological polar surface area (TPSA) is 93.1 Å². The van der Waals surface area contributed by atoms with E-state index in [4.69, 9.17) is 0 Å². The maximum Gasteiger partial charge on any atom is 0.256 e. The molecule has 3 N–H and O–H groups in total. The fraction of sp³-hybridized carbons (Fsp3) is 0.529. The number of nitrogens with one attached hydrogen (secondary N) is 1. The fourth-order valence-corrected chi connectivity index (χ4v) is 2.67. The van der Waals surface area contributed by atoms with Crippen molar-refractivity contribution in [1.29, 1.82) is 0 Å². The molecule has 2 atom stereocenters. The lowest BCUT2D eigenvalue weighted by atomic mass is 10.1. The Balaban J connectivity index is 1.95. The van der Waals surface area contributed by atoms with Gasteiger partial charge in [0.2, 0.25) is 0 Å². The highest BCUT2D eigenvalue weighted by Gasteiger charge is 2.31. The van der Waals surface area contributed by atoms with E-state index < -0.39 is 24.0 Å². The van der Waals surface area contributed by atoms with Gasteiger partial charge in [-0.15, -0.1) is 0 Å². The summed E-state index contributed by atoms with van der Waals surface area (Å²) in [5, 5.41) is 22.0. The third-order valence-corrected chi connectivity index (χ3v) is 4.12. The highest BCUT2D eigenvalue weighted by molar-refractivity contribution is 5.98. The Morgan fingerprint density at radius 2 is 1.62 bits per heavy atom. The molecular weight excluding hydrogens is 310 g/mol. The number of rotatable bonds is 5. The van der Waals surface area contributed by atoms with Gasteiger partial charge in [0.25, 0.3) is 11.8 Å². The first-order valence-electron chi connectivity index (χ1n) is 8.13. The highest BCUT2D eigenvalue weighted by Crippen LogP contribution is 2.22. The van der Waals surface area contributed by atoms with Crippen molar-refractivity contribution < 1.29 is 19.8 Å². The molecule has 7 heteroatoms. The fourth-order valence-electron chi connectivity index (χ4n) is 2.67. The molecule has 1 saturated heterocycles. The standard InChI is InChI=1S/C17H25N3O4/c1-19(2)17(24)15(22)14(21)16(23)18-12-6-8-13(9-7-12)20-10-4-3-5-11-20/h6-9,14-15,21-22H,3-5,10-11H2,1-2H3,(H,18,23). The zero-order valence-electron chi connectivity index (χ0n) is 14.1. The molecule has 2 rings (SSSR count). The lowest BCUT2D eigenvalue weighted by Crippen LogP contribution is -2.47. The number of carbonyl (C=O) groups excluding carboxylic acids is 2. The molecular formula is C17H25N3O4. The minimum Gasteiger partial charge on any atom is -0.380 e. The summed E-state index contributed by atoms with van der Waals surface area (Å²) in [7, 11) is 2.88. The maximum atomic E-state index is 12.0. The summed E-state index contributed by atoms with van der Waals surface area (Å²) < 4.78 is 0. The van der Waals surface area contributed by atoms with Crippen LogP contribution in [0.2, 0.25) is 0 Å². The molecule has 1 heterocycles. The summed E-state index contributed by atoms with van der Waals surface area (Å²) in [4.78, 5) is 27.0. The molecule has 132 valence electrons. The van der Waals surface area contributed by atoms with E-state index in [1.807, 2.05) is 12.1 Å². The average Bonchev–Trinajstić information content (AvgIpc) is 2.61. The second-order valence-electron chi connectivity index (χ2n) is 6.21. The van der Waals surface area contributed by atoms with Crippen molar-refractivity contribution >= 4 is 23.2 Å². The van der Waals surface area contributed by atoms with Crippen LogP contribution in [0, 0.1) is 0 Å². The molecule has 1 aliphatic heterocycles. The first-order valence-corrected chi connectivity index (χ1v) is 8.13. The second-order valence-corrected chi connectivity index (χ2v) is 6.21. The molecule has 0 aromatic heterocycles. The van der Waals surface area contributed by atoms with Crippen molar-refractivity contribution in [3.8, 4) is 0 Å². The maximum absolute atomic E-state index is 12.0. The molecule has 0 spiro atoms. The van der Waals surface area contributed by atoms with Gasteiger partial charge in [0.05, 0.1) is 0 Å². The van der Waals surface area contributed by atoms with Crippen LogP contribution in [0.4, 0.5) is 11.4 Å². The van der Waals surface area contributed by atoms with Crippen LogP contribution in [0.15, 0.2) is 24.3 Å². The van der Waals surface area contributed by atoms with Crippen LogP contribution in [-0.2, 0) is 9.59 Å². The molecule has 1 fully saturated rings. The van der Waals surface area contributed by atoms with Gasteiger partial charge in [0.1, 0.15) is 0 Å². The number of benzene rings is 1. The van der Waals surface area contributed by atoms with Gasteiger partial charge in [-0.25, -0.2) is 0 Å². The van der Waals surface area contributed by atoms with Gasteiger partial charge in [0, 0.05) is 38.6 Å². The summed E-state index contributed by atoms with van der Waals surface area (Å²) in [6.07, 6.45) is 0.0240. The molecule has 2 unspecified atom stereocenters. The summed E-state index contributed by atoms with van der Waals surface area (Å²) in [6, 6.07) is 7.31. The average molecular weight is 335 g/mol. The number of carbonyl (C=O) groups is 2. The molecule has 1 aromatic carbocycles. The molecule has 0 saturated carbocycles. The Morgan fingerprint density at radius 1 is 1.04 bits per heavy atom. The van der Waals surface area contributed by atoms with E-state index in [2.05, 4.69) is 10.2 Å². The van der Waals surface area contributed by atoms with Crippen LogP contribution in [-0.4, -0.2) is 66.3 Å². The minimum atomic E-state index is -1.82. The number of aliphatic hydroxyl groups is 2. The number of amides is 2. The summed E-state index contributed by atoms with van der Waals surface area (Å²) in [5.41, 5.74) is 1.60. The van der Waals surface area contributed by atoms with Crippen molar-refractivity contribution in [3.05, 3.63) is 24.3 Å². The molecule has 2 amide bonds. The minimum absolute atomic E-state index is 0.504. The van der Waals surface area contributed by atoms with E-state index in [1.54, 1.807) is 12.1 Å². The van der Waals surface area contributed by atoms with E-state index in [0.717, 1.165) is 23.7 Å². The third-order valence-electron chi connectivity index (χ3n) is 4.12. The van der Waals surface area contributed by atoms with Crippen molar-refractivity contribution in [2.45, 2.75) is 31.5 Å². The zero-order chi connectivity index (χ0) is 17.7. The Kier molecular flexibility index (Phi) is 6.16. The highest BCUT2D eigenvalue weighted by atomic mass is 16.3. The largest absolute Gasteiger partial charge is 0.380 e. The van der Waals surface area contributed by atoms with Gasteiger partial charge in [-0.05, 0) is 43.5 Å². The summed E-state index contributed by atoms with van der Waals surface area (Å²) in [6.45, 7) is 2.06. The Hall–Kier alpha value is -2.12. The Labute approximate surface area is 141 Å². The van der Waals surface area contributed by atoms with Crippen LogP contribution in [0.1, 0.15) is 19.3 Å². The van der Waals surface area contributed by atoms with Crippen LogP contribution >= 0.6 is 0 Å². The van der Waals surface area contributed by atoms with Gasteiger partial charge in [-0.3, -0.25) is 9.59 Å². The van der Waals surface area contributed by atoms with E-state index in [-0.39, 0.29) is 0 Å². The zero-order valence-corrected chi connectivity index (χ0v) is 14.1. The van der Waals surface area contributed by atoms with Crippen molar-refractivity contribution in [1.82, 2.24) is 4.90 Å². The third kappa shape index (κ3) is 4.46. The predicted molar refractivity (Wildman–Crippen MR) is 91.8 cm³/mol. The van der Waals surface area contributed by atoms with E-state index in [1.165, 1.54) is 33.4 Å². The number of hydrogen-bond donors (Lipinski definition) is 3. The number of anilines is 2. The normalized spacial score (nSPS) is 17.1. The van der Waals surface area contributed by atoms with Crippen LogP contribution in [0.5, 0.6) is 0 Å². The number of likely N-dealkylation sites (N-methyl/N-ethyl adjacent to an activating group) is 1. The summed E-state index contributed by atoms with van der Waals surface area (Å²) >= 11 is 0. The summed E-state index contributed by atoms with van der Waals surface area (Å²) in [5.74, 6) is -1.54. The van der Waals surface area contributed by atoms with E-state index >= 15 is 0 Å². The Morgan fingerprint density at radius 3 is 2.17 bits per heavy atom. The van der Waals surface area contributed by atoms with Crippen molar-refractivity contribution in [2.75, 3.05) is 37.4 Å². The van der Waals surface area contributed by atoms with Gasteiger partial charge in [0.15, 0.2) is 12.2 Å². The second kappa shape index (κ2) is 8.12. The molecule has 1 aliphatic rings. The molecule has 0 radical (unpaired) electrons. The number of nitrogens with zero attached hydrogens (tertiary/aromatic N) is 2. The van der Waals surface area contributed by atoms with E-state index in [9.17, 15) is 19.8 Å². The smallest absolute Gasteiger partial charge is 0.256 e. The predicted octanol–water partition coefficient (Wildman–Crippen LogP) is 0.425. The van der Waals surface area contributed by atoms with Gasteiger partial charge >= 0.3 is 0 Å². The first-order chi connectivity index (χ1) is 11.4. The molecule has 24 heavy (non-hydrogen) atoms. The van der Waals surface area contributed by atoms with Crippen LogP contribution < -0.4 is 10.2 Å². The van der Waals surface area contributed by atoms with E-state index in [0.29, 0.717) is 5.69 Å². The van der Waals surface area contributed by atoms with Gasteiger partial charge in [-0.1, -0.05) is 0 Å². The number of aliphatic hydroxyl groups excluding tert-OH is 2. The van der Waals surface area contributed by atoms with Crippen molar-refractivity contribution in [2.24, 2.45) is 0 Å². The first kappa shape index (κ1) is 18.2. The molecule has 7 nitrogen and oxygen atoms in total. The van der Waals surface area contributed by atoms with Gasteiger partial charge < -0.3 is 25.3 Å². The number of hydrogen-bond acceptors (Lipinski definition) is 5. The van der Waals surface area contributed by atoms with Crippen LogP contribution in [0.3, 0.4) is 0 Å². The van der Waals surface area contributed by atoms with Gasteiger partial charge in [-0.2, -0.15) is 0 Å².